The lowest BCUT2D eigenvalue weighted by molar-refractivity contribution is -0.0858. The van der Waals surface area contributed by atoms with Gasteiger partial charge < -0.3 is 9.47 Å². The molecule has 1 aliphatic rings. The lowest BCUT2D eigenvalue weighted by atomic mass is 10.1. The van der Waals surface area contributed by atoms with Crippen molar-refractivity contribution in [2.75, 3.05) is 19.8 Å². The smallest absolute Gasteiger partial charge is 0.149 e. The number of rotatable bonds is 4. The van der Waals surface area contributed by atoms with Gasteiger partial charge in [0.05, 0.1) is 12.7 Å². The minimum absolute atomic E-state index is 0.201. The highest BCUT2D eigenvalue weighted by atomic mass is 19.1. The second-order valence-electron chi connectivity index (χ2n) is 3.97. The van der Waals surface area contributed by atoms with Gasteiger partial charge in [-0.3, -0.25) is 0 Å². The zero-order valence-corrected chi connectivity index (χ0v) is 8.46. The fraction of sp³-hybridized carbons (Fsp3) is 1.00. The Morgan fingerprint density at radius 3 is 2.92 bits per heavy atom. The van der Waals surface area contributed by atoms with Crippen molar-refractivity contribution in [1.29, 1.82) is 0 Å². The molecule has 2 atom stereocenters. The molecule has 0 aromatic rings. The van der Waals surface area contributed by atoms with Crippen molar-refractivity contribution in [3.8, 4) is 0 Å². The van der Waals surface area contributed by atoms with E-state index in [2.05, 4.69) is 13.8 Å². The van der Waals surface area contributed by atoms with Crippen molar-refractivity contribution in [2.45, 2.75) is 39.0 Å². The summed E-state index contributed by atoms with van der Waals surface area (Å²) in [6.45, 7) is 5.78. The molecule has 0 aromatic heterocycles. The van der Waals surface area contributed by atoms with E-state index in [1.54, 1.807) is 0 Å². The van der Waals surface area contributed by atoms with E-state index in [0.717, 1.165) is 6.42 Å². The standard InChI is InChI=1S/C10H19FO2/c1-8(2)3-6-13-10-4-5-12-7-9(10)11/h8-10H,3-7H2,1-2H3/t9-,10+/m0/s1. The molecule has 0 aromatic carbocycles. The quantitative estimate of drug-likeness (QED) is 0.676. The van der Waals surface area contributed by atoms with Crippen molar-refractivity contribution in [2.24, 2.45) is 5.92 Å². The molecule has 0 amide bonds. The molecule has 0 unspecified atom stereocenters. The summed E-state index contributed by atoms with van der Waals surface area (Å²) in [6.07, 6.45) is 0.539. The molecular formula is C10H19FO2. The second-order valence-corrected chi connectivity index (χ2v) is 3.97. The Morgan fingerprint density at radius 2 is 2.31 bits per heavy atom. The van der Waals surface area contributed by atoms with Gasteiger partial charge in [0.25, 0.3) is 0 Å². The van der Waals surface area contributed by atoms with Crippen LogP contribution in [0.2, 0.25) is 0 Å². The van der Waals surface area contributed by atoms with Crippen LogP contribution < -0.4 is 0 Å². The van der Waals surface area contributed by atoms with Crippen LogP contribution in [0.4, 0.5) is 4.39 Å². The molecule has 0 aliphatic carbocycles. The van der Waals surface area contributed by atoms with Gasteiger partial charge >= 0.3 is 0 Å². The van der Waals surface area contributed by atoms with Crippen LogP contribution in [0.25, 0.3) is 0 Å². The summed E-state index contributed by atoms with van der Waals surface area (Å²) in [6, 6.07) is 0. The zero-order valence-electron chi connectivity index (χ0n) is 8.46. The molecule has 3 heteroatoms. The number of halogens is 1. The van der Waals surface area contributed by atoms with E-state index >= 15 is 0 Å². The molecule has 0 radical (unpaired) electrons. The van der Waals surface area contributed by atoms with Crippen molar-refractivity contribution in [3.63, 3.8) is 0 Å². The van der Waals surface area contributed by atoms with Crippen LogP contribution in [-0.4, -0.2) is 32.1 Å². The van der Waals surface area contributed by atoms with Gasteiger partial charge in [-0.2, -0.15) is 0 Å². The average molecular weight is 190 g/mol. The number of ether oxygens (including phenoxy) is 2. The number of hydrogen-bond acceptors (Lipinski definition) is 2. The molecule has 1 heterocycles. The maximum absolute atomic E-state index is 13.1. The topological polar surface area (TPSA) is 18.5 Å². The highest BCUT2D eigenvalue weighted by molar-refractivity contribution is 4.73. The minimum atomic E-state index is -0.930. The van der Waals surface area contributed by atoms with E-state index in [4.69, 9.17) is 9.47 Å². The van der Waals surface area contributed by atoms with E-state index in [-0.39, 0.29) is 12.7 Å². The largest absolute Gasteiger partial charge is 0.378 e. The van der Waals surface area contributed by atoms with E-state index < -0.39 is 6.17 Å². The predicted octanol–water partition coefficient (Wildman–Crippen LogP) is 2.18. The maximum Gasteiger partial charge on any atom is 0.149 e. The summed E-state index contributed by atoms with van der Waals surface area (Å²) >= 11 is 0. The van der Waals surface area contributed by atoms with Crippen LogP contribution in [0, 0.1) is 5.92 Å². The highest BCUT2D eigenvalue weighted by Crippen LogP contribution is 2.15. The van der Waals surface area contributed by atoms with Crippen molar-refractivity contribution in [1.82, 2.24) is 0 Å². The molecular weight excluding hydrogens is 171 g/mol. The van der Waals surface area contributed by atoms with Gasteiger partial charge in [0, 0.05) is 13.2 Å². The normalized spacial score (nSPS) is 29.5. The van der Waals surface area contributed by atoms with Crippen molar-refractivity contribution >= 4 is 0 Å². The van der Waals surface area contributed by atoms with Gasteiger partial charge in [0.2, 0.25) is 0 Å². The van der Waals surface area contributed by atoms with E-state index in [1.165, 1.54) is 0 Å². The monoisotopic (exact) mass is 190 g/mol. The lowest BCUT2D eigenvalue weighted by Gasteiger charge is -2.26. The molecule has 1 saturated heterocycles. The molecule has 1 fully saturated rings. The van der Waals surface area contributed by atoms with E-state index in [0.29, 0.717) is 25.6 Å². The fourth-order valence-electron chi connectivity index (χ4n) is 1.33. The summed E-state index contributed by atoms with van der Waals surface area (Å²) < 4.78 is 23.6. The molecule has 1 rings (SSSR count). The first-order chi connectivity index (χ1) is 6.20. The van der Waals surface area contributed by atoms with Gasteiger partial charge in [-0.1, -0.05) is 13.8 Å². The van der Waals surface area contributed by atoms with Crippen molar-refractivity contribution < 1.29 is 13.9 Å². The Labute approximate surface area is 79.4 Å². The van der Waals surface area contributed by atoms with Crippen LogP contribution >= 0.6 is 0 Å². The van der Waals surface area contributed by atoms with Gasteiger partial charge in [-0.15, -0.1) is 0 Å². The average Bonchev–Trinajstić information content (AvgIpc) is 2.08. The first-order valence-corrected chi connectivity index (χ1v) is 5.03. The van der Waals surface area contributed by atoms with Gasteiger partial charge in [-0.05, 0) is 18.8 Å². The van der Waals surface area contributed by atoms with E-state index in [9.17, 15) is 4.39 Å². The molecule has 1 aliphatic heterocycles. The first-order valence-electron chi connectivity index (χ1n) is 5.03. The highest BCUT2D eigenvalue weighted by Gasteiger charge is 2.25. The summed E-state index contributed by atoms with van der Waals surface area (Å²) in [5.74, 6) is 0.623. The van der Waals surface area contributed by atoms with E-state index in [1.807, 2.05) is 0 Å². The third-order valence-electron chi connectivity index (χ3n) is 2.25. The zero-order chi connectivity index (χ0) is 9.68. The van der Waals surface area contributed by atoms with Crippen LogP contribution in [0.1, 0.15) is 26.7 Å². The SMILES string of the molecule is CC(C)CCO[C@@H]1CCOC[C@@H]1F. The predicted molar refractivity (Wildman–Crippen MR) is 49.5 cm³/mol. The molecule has 0 spiro atoms. The van der Waals surface area contributed by atoms with Gasteiger partial charge in [-0.25, -0.2) is 4.39 Å². The molecule has 0 bridgehead atoms. The summed E-state index contributed by atoms with van der Waals surface area (Å²) in [4.78, 5) is 0. The summed E-state index contributed by atoms with van der Waals surface area (Å²) in [7, 11) is 0. The van der Waals surface area contributed by atoms with Gasteiger partial charge in [0.15, 0.2) is 0 Å². The van der Waals surface area contributed by atoms with Crippen LogP contribution in [0.3, 0.4) is 0 Å². The summed E-state index contributed by atoms with van der Waals surface area (Å²) in [5, 5.41) is 0. The Hall–Kier alpha value is -0.150. The van der Waals surface area contributed by atoms with Gasteiger partial charge in [0.1, 0.15) is 6.17 Å². The third kappa shape index (κ3) is 4.05. The van der Waals surface area contributed by atoms with Crippen LogP contribution in [0.5, 0.6) is 0 Å². The Bertz CT molecular complexity index is 139. The molecule has 2 nitrogen and oxygen atoms in total. The third-order valence-corrected chi connectivity index (χ3v) is 2.25. The molecule has 0 N–H and O–H groups in total. The number of alkyl halides is 1. The number of hydrogen-bond donors (Lipinski definition) is 0. The Morgan fingerprint density at radius 1 is 1.54 bits per heavy atom. The molecule has 0 saturated carbocycles. The summed E-state index contributed by atoms with van der Waals surface area (Å²) in [5.41, 5.74) is 0. The Balaban J connectivity index is 2.11. The fourth-order valence-corrected chi connectivity index (χ4v) is 1.33. The molecule has 13 heavy (non-hydrogen) atoms. The molecule has 78 valence electrons. The van der Waals surface area contributed by atoms with Crippen molar-refractivity contribution in [3.05, 3.63) is 0 Å². The lowest BCUT2D eigenvalue weighted by Crippen LogP contribution is -2.36. The maximum atomic E-state index is 13.1. The van der Waals surface area contributed by atoms with Crippen LogP contribution in [-0.2, 0) is 9.47 Å². The first kappa shape index (κ1) is 10.9. The second kappa shape index (κ2) is 5.55. The Kier molecular flexibility index (Phi) is 4.67. The van der Waals surface area contributed by atoms with Crippen LogP contribution in [0.15, 0.2) is 0 Å². The minimum Gasteiger partial charge on any atom is -0.378 e.